The lowest BCUT2D eigenvalue weighted by Crippen LogP contribution is -2.27. The highest BCUT2D eigenvalue weighted by Gasteiger charge is 2.46. The quantitative estimate of drug-likeness (QED) is 0.633. The normalized spacial score (nSPS) is 15.8. The molecule has 1 aliphatic rings. The number of thiophene rings is 2. The van der Waals surface area contributed by atoms with Crippen molar-refractivity contribution in [3.63, 3.8) is 0 Å². The molecule has 1 aliphatic heterocycles. The third-order valence-corrected chi connectivity index (χ3v) is 11.2. The van der Waals surface area contributed by atoms with E-state index in [1.54, 1.807) is 22.7 Å². The first kappa shape index (κ1) is 14.5. The zero-order valence-corrected chi connectivity index (χ0v) is 16.1. The van der Waals surface area contributed by atoms with Gasteiger partial charge in [0.25, 0.3) is 0 Å². The van der Waals surface area contributed by atoms with Crippen molar-refractivity contribution in [1.82, 2.24) is 4.67 Å². The molecule has 7 heteroatoms. The molecule has 0 unspecified atom stereocenters. The Morgan fingerprint density at radius 2 is 1.47 bits per heavy atom. The van der Waals surface area contributed by atoms with Gasteiger partial charge in [-0.05, 0) is 44.0 Å². The van der Waals surface area contributed by atoms with Gasteiger partial charge in [-0.25, -0.2) is 4.67 Å². The third-order valence-electron chi connectivity index (χ3n) is 3.33. The second-order valence-electron chi connectivity index (χ2n) is 4.25. The van der Waals surface area contributed by atoms with Crippen LogP contribution < -0.4 is 9.24 Å². The summed E-state index contributed by atoms with van der Waals surface area (Å²) in [5.41, 5.74) is 2.29. The molecule has 0 fully saturated rings. The molecule has 0 N–H and O–H groups in total. The largest absolute Gasteiger partial charge is 0.295 e. The molecule has 0 spiro atoms. The summed E-state index contributed by atoms with van der Waals surface area (Å²) in [6.45, 7) is 5.76. The van der Waals surface area contributed by atoms with Crippen molar-refractivity contribution in [2.24, 2.45) is 0 Å². The van der Waals surface area contributed by atoms with Crippen molar-refractivity contribution >= 4 is 71.1 Å². The van der Waals surface area contributed by atoms with Gasteiger partial charge >= 0.3 is 0 Å². The highest BCUT2D eigenvalue weighted by molar-refractivity contribution is 9.11. The van der Waals surface area contributed by atoms with Gasteiger partial charge < -0.3 is 0 Å². The Morgan fingerprint density at radius 3 is 1.84 bits per heavy atom. The molecule has 2 aromatic rings. The summed E-state index contributed by atoms with van der Waals surface area (Å²) < 4.78 is 20.1. The van der Waals surface area contributed by atoms with Crippen LogP contribution in [-0.2, 0) is 4.57 Å². The molecule has 0 saturated carbocycles. The Bertz CT molecular complexity index is 640. The number of hydrogen-bond acceptors (Lipinski definition) is 3. The first-order valence-corrected chi connectivity index (χ1v) is 10.9. The first-order valence-electron chi connectivity index (χ1n) is 5.98. The number of nitrogens with zero attached hydrogens (tertiary/aromatic N) is 1. The Balaban J connectivity index is 2.32. The van der Waals surface area contributed by atoms with Crippen LogP contribution in [0.2, 0.25) is 0 Å². The summed E-state index contributed by atoms with van der Waals surface area (Å²) in [6, 6.07) is 4.20. The Morgan fingerprint density at radius 1 is 1.05 bits per heavy atom. The number of hydrogen-bond donors (Lipinski definition) is 0. The van der Waals surface area contributed by atoms with Crippen LogP contribution in [-0.4, -0.2) is 17.8 Å². The predicted octanol–water partition coefficient (Wildman–Crippen LogP) is 4.89. The van der Waals surface area contributed by atoms with Gasteiger partial charge in [0.05, 0.1) is 16.8 Å². The topological polar surface area (TPSA) is 20.3 Å². The van der Waals surface area contributed by atoms with Crippen molar-refractivity contribution < 1.29 is 4.57 Å². The van der Waals surface area contributed by atoms with Crippen molar-refractivity contribution in [1.29, 1.82) is 0 Å². The minimum atomic E-state index is -2.61. The fourth-order valence-corrected chi connectivity index (χ4v) is 11.5. The average Bonchev–Trinajstić information content (AvgIpc) is 2.97. The molecular formula is C12H12Br2NOPS2. The lowest BCUT2D eigenvalue weighted by molar-refractivity contribution is 0.459. The lowest BCUT2D eigenvalue weighted by atomic mass is 10.2. The molecule has 3 rings (SSSR count). The van der Waals surface area contributed by atoms with E-state index < -0.39 is 7.29 Å². The zero-order chi connectivity index (χ0) is 13.8. The molecule has 3 heterocycles. The van der Waals surface area contributed by atoms with Gasteiger partial charge in [0.2, 0.25) is 7.29 Å². The maximum absolute atomic E-state index is 13.8. The molecule has 19 heavy (non-hydrogen) atoms. The van der Waals surface area contributed by atoms with E-state index >= 15 is 0 Å². The molecule has 102 valence electrons. The van der Waals surface area contributed by atoms with Crippen LogP contribution in [0.4, 0.5) is 0 Å². The maximum atomic E-state index is 13.8. The van der Waals surface area contributed by atoms with Crippen LogP contribution in [0.1, 0.15) is 13.8 Å². The van der Waals surface area contributed by atoms with E-state index in [4.69, 9.17) is 0 Å². The molecule has 2 aromatic heterocycles. The SMILES string of the molecule is CCN(CC)P1(=O)c2sc(Br)cc2-c2cc(Br)sc21. The van der Waals surface area contributed by atoms with Gasteiger partial charge in [0.1, 0.15) is 0 Å². The zero-order valence-electron chi connectivity index (χ0n) is 10.4. The number of fused-ring (bicyclic) bond motifs is 3. The highest BCUT2D eigenvalue weighted by Crippen LogP contribution is 2.60. The van der Waals surface area contributed by atoms with Crippen LogP contribution in [0.3, 0.4) is 0 Å². The van der Waals surface area contributed by atoms with Gasteiger partial charge in [0, 0.05) is 24.2 Å². The summed E-state index contributed by atoms with van der Waals surface area (Å²) >= 11 is 10.3. The average molecular weight is 441 g/mol. The fourth-order valence-electron chi connectivity index (χ4n) is 2.51. The van der Waals surface area contributed by atoms with Crippen molar-refractivity contribution in [2.75, 3.05) is 13.1 Å². The Kier molecular flexibility index (Phi) is 3.87. The van der Waals surface area contributed by atoms with Crippen LogP contribution >= 0.6 is 61.8 Å². The molecule has 0 aromatic carbocycles. The number of halogens is 2. The van der Waals surface area contributed by atoms with Crippen LogP contribution in [0.15, 0.2) is 19.7 Å². The van der Waals surface area contributed by atoms with E-state index in [9.17, 15) is 4.57 Å². The van der Waals surface area contributed by atoms with Gasteiger partial charge in [0.15, 0.2) is 0 Å². The van der Waals surface area contributed by atoms with E-state index in [0.29, 0.717) is 0 Å². The molecule has 0 radical (unpaired) electrons. The smallest absolute Gasteiger partial charge is 0.227 e. The van der Waals surface area contributed by atoms with Crippen LogP contribution in [0.5, 0.6) is 0 Å². The minimum Gasteiger partial charge on any atom is -0.295 e. The van der Waals surface area contributed by atoms with E-state index in [-0.39, 0.29) is 0 Å². The monoisotopic (exact) mass is 439 g/mol. The molecule has 0 bridgehead atoms. The molecule has 2 nitrogen and oxygen atoms in total. The van der Waals surface area contributed by atoms with Gasteiger partial charge in [-0.1, -0.05) is 13.8 Å². The fraction of sp³-hybridized carbons (Fsp3) is 0.333. The lowest BCUT2D eigenvalue weighted by Gasteiger charge is -2.26. The summed E-state index contributed by atoms with van der Waals surface area (Å²) in [7, 11) is -2.61. The van der Waals surface area contributed by atoms with Crippen LogP contribution in [0, 0.1) is 0 Å². The second kappa shape index (κ2) is 5.08. The van der Waals surface area contributed by atoms with E-state index in [1.807, 2.05) is 0 Å². The summed E-state index contributed by atoms with van der Waals surface area (Å²) in [4.78, 5) is 0. The highest BCUT2D eigenvalue weighted by atomic mass is 79.9. The maximum Gasteiger partial charge on any atom is 0.227 e. The van der Waals surface area contributed by atoms with E-state index in [1.165, 1.54) is 0 Å². The molecule has 0 aliphatic carbocycles. The Labute approximate surface area is 137 Å². The van der Waals surface area contributed by atoms with E-state index in [2.05, 4.69) is 62.5 Å². The van der Waals surface area contributed by atoms with Gasteiger partial charge in [-0.15, -0.1) is 22.7 Å². The molecular weight excluding hydrogens is 429 g/mol. The van der Waals surface area contributed by atoms with Crippen molar-refractivity contribution in [2.45, 2.75) is 13.8 Å². The Hall–Kier alpha value is 0.550. The standard InChI is InChI=1S/C12H12Br2NOPS2/c1-3-15(4-2)17(16)11-7(5-9(13)18-11)8-6-10(14)19-12(8)17/h5-6H,3-4H2,1-2H3. The van der Waals surface area contributed by atoms with Gasteiger partial charge in [-0.3, -0.25) is 4.57 Å². The summed E-state index contributed by atoms with van der Waals surface area (Å²) in [6.07, 6.45) is 0. The number of rotatable bonds is 3. The molecule has 0 amide bonds. The summed E-state index contributed by atoms with van der Waals surface area (Å²) in [5.74, 6) is 0. The predicted molar refractivity (Wildman–Crippen MR) is 92.8 cm³/mol. The van der Waals surface area contributed by atoms with Crippen molar-refractivity contribution in [3.05, 3.63) is 19.7 Å². The van der Waals surface area contributed by atoms with Crippen molar-refractivity contribution in [3.8, 4) is 11.1 Å². The molecule has 0 saturated heterocycles. The van der Waals surface area contributed by atoms with Crippen LogP contribution in [0.25, 0.3) is 11.1 Å². The minimum absolute atomic E-state index is 0.803. The molecule has 0 atom stereocenters. The van der Waals surface area contributed by atoms with Gasteiger partial charge in [-0.2, -0.15) is 0 Å². The summed E-state index contributed by atoms with van der Waals surface area (Å²) in [5, 5.41) is 0. The third kappa shape index (κ3) is 1.99. The second-order valence-corrected chi connectivity index (χ2v) is 12.3. The van der Waals surface area contributed by atoms with E-state index in [0.717, 1.165) is 41.0 Å². The first-order chi connectivity index (χ1) is 9.02.